The van der Waals surface area contributed by atoms with Crippen LogP contribution in [-0.2, 0) is 13.1 Å². The average Bonchev–Trinajstić information content (AvgIpc) is 2.58. The van der Waals surface area contributed by atoms with E-state index in [4.69, 9.17) is 0 Å². The van der Waals surface area contributed by atoms with E-state index in [-0.39, 0.29) is 6.04 Å². The minimum Gasteiger partial charge on any atom is -0.295 e. The number of nitriles is 1. The second kappa shape index (κ2) is 7.22. The van der Waals surface area contributed by atoms with E-state index < -0.39 is 0 Å². The van der Waals surface area contributed by atoms with Crippen LogP contribution in [0.3, 0.4) is 0 Å². The Labute approximate surface area is 132 Å². The molecule has 0 N–H and O–H groups in total. The molecule has 1 heterocycles. The lowest BCUT2D eigenvalue weighted by molar-refractivity contribution is 0.0902. The van der Waals surface area contributed by atoms with Crippen LogP contribution in [0.5, 0.6) is 0 Å². The number of rotatable bonds is 4. The van der Waals surface area contributed by atoms with Gasteiger partial charge in [-0.2, -0.15) is 5.26 Å². The van der Waals surface area contributed by atoms with Crippen molar-refractivity contribution in [1.29, 1.82) is 5.26 Å². The van der Waals surface area contributed by atoms with E-state index in [0.29, 0.717) is 0 Å². The standard InChI is InChI=1S/C19H21N3/c20-13-19-16-21(14-17-7-3-1-4-8-17)11-12-22(19)15-18-9-5-2-6-10-18/h1-10,19H,11-12,14-16H2/t19-/m1/s1. The van der Waals surface area contributed by atoms with Crippen molar-refractivity contribution in [2.75, 3.05) is 19.6 Å². The van der Waals surface area contributed by atoms with Gasteiger partial charge in [-0.1, -0.05) is 60.7 Å². The average molecular weight is 291 g/mol. The van der Waals surface area contributed by atoms with Gasteiger partial charge in [0.05, 0.1) is 6.07 Å². The van der Waals surface area contributed by atoms with E-state index in [1.807, 2.05) is 12.1 Å². The molecule has 2 aromatic rings. The Morgan fingerprint density at radius 2 is 1.45 bits per heavy atom. The number of piperazine rings is 1. The molecule has 0 saturated carbocycles. The molecule has 22 heavy (non-hydrogen) atoms. The molecule has 3 heteroatoms. The zero-order valence-electron chi connectivity index (χ0n) is 12.7. The van der Waals surface area contributed by atoms with Crippen LogP contribution in [0.15, 0.2) is 60.7 Å². The first kappa shape index (κ1) is 14.8. The molecular weight excluding hydrogens is 270 g/mol. The summed E-state index contributed by atoms with van der Waals surface area (Å²) in [5.41, 5.74) is 2.59. The van der Waals surface area contributed by atoms with Crippen molar-refractivity contribution < 1.29 is 0 Å². The van der Waals surface area contributed by atoms with Crippen molar-refractivity contribution >= 4 is 0 Å². The molecule has 0 radical (unpaired) electrons. The third kappa shape index (κ3) is 3.73. The van der Waals surface area contributed by atoms with Gasteiger partial charge < -0.3 is 0 Å². The van der Waals surface area contributed by atoms with Gasteiger partial charge in [0.2, 0.25) is 0 Å². The van der Waals surface area contributed by atoms with Crippen LogP contribution in [0.4, 0.5) is 0 Å². The molecule has 0 bridgehead atoms. The fourth-order valence-corrected chi connectivity index (χ4v) is 2.99. The summed E-state index contributed by atoms with van der Waals surface area (Å²) >= 11 is 0. The Morgan fingerprint density at radius 1 is 0.864 bits per heavy atom. The van der Waals surface area contributed by atoms with Crippen molar-refractivity contribution in [3.63, 3.8) is 0 Å². The van der Waals surface area contributed by atoms with Gasteiger partial charge in [-0.25, -0.2) is 0 Å². The molecule has 3 nitrogen and oxygen atoms in total. The maximum atomic E-state index is 9.50. The summed E-state index contributed by atoms with van der Waals surface area (Å²) in [5, 5.41) is 9.50. The summed E-state index contributed by atoms with van der Waals surface area (Å²) in [5.74, 6) is 0. The van der Waals surface area contributed by atoms with E-state index in [2.05, 4.69) is 64.4 Å². The van der Waals surface area contributed by atoms with E-state index in [1.54, 1.807) is 0 Å². The van der Waals surface area contributed by atoms with Crippen molar-refractivity contribution in [3.8, 4) is 6.07 Å². The lowest BCUT2D eigenvalue weighted by atomic mass is 10.1. The zero-order chi connectivity index (χ0) is 15.2. The summed E-state index contributed by atoms with van der Waals surface area (Å²) in [6.07, 6.45) is 0. The maximum absolute atomic E-state index is 9.50. The maximum Gasteiger partial charge on any atom is 0.111 e. The van der Waals surface area contributed by atoms with Gasteiger partial charge in [0, 0.05) is 32.7 Å². The summed E-state index contributed by atoms with van der Waals surface area (Å²) in [4.78, 5) is 4.67. The molecule has 0 spiro atoms. The predicted molar refractivity (Wildman–Crippen MR) is 88.0 cm³/mol. The van der Waals surface area contributed by atoms with Crippen LogP contribution in [-0.4, -0.2) is 35.5 Å². The predicted octanol–water partition coefficient (Wildman–Crippen LogP) is 2.90. The fourth-order valence-electron chi connectivity index (χ4n) is 2.99. The number of hydrogen-bond donors (Lipinski definition) is 0. The van der Waals surface area contributed by atoms with Crippen LogP contribution >= 0.6 is 0 Å². The van der Waals surface area contributed by atoms with Crippen molar-refractivity contribution in [1.82, 2.24) is 9.80 Å². The molecule has 1 atom stereocenters. The Morgan fingerprint density at radius 3 is 2.05 bits per heavy atom. The summed E-state index contributed by atoms with van der Waals surface area (Å²) in [7, 11) is 0. The molecule has 3 rings (SSSR count). The minimum atomic E-state index is -0.0299. The molecule has 0 aromatic heterocycles. The fraction of sp³-hybridized carbons (Fsp3) is 0.316. The van der Waals surface area contributed by atoms with E-state index in [9.17, 15) is 5.26 Å². The Hall–Kier alpha value is -2.15. The highest BCUT2D eigenvalue weighted by molar-refractivity contribution is 5.17. The Kier molecular flexibility index (Phi) is 4.85. The van der Waals surface area contributed by atoms with Gasteiger partial charge in [0.25, 0.3) is 0 Å². The number of benzene rings is 2. The highest BCUT2D eigenvalue weighted by atomic mass is 15.3. The van der Waals surface area contributed by atoms with Crippen LogP contribution in [0, 0.1) is 11.3 Å². The molecule has 112 valence electrons. The first-order valence-electron chi connectivity index (χ1n) is 7.79. The van der Waals surface area contributed by atoms with Gasteiger partial charge in [0.15, 0.2) is 0 Å². The molecule has 2 aromatic carbocycles. The second-order valence-corrected chi connectivity index (χ2v) is 5.82. The van der Waals surface area contributed by atoms with Crippen LogP contribution in [0.2, 0.25) is 0 Å². The first-order valence-corrected chi connectivity index (χ1v) is 7.79. The number of hydrogen-bond acceptors (Lipinski definition) is 3. The van der Waals surface area contributed by atoms with E-state index in [1.165, 1.54) is 11.1 Å². The highest BCUT2D eigenvalue weighted by Crippen LogP contribution is 2.16. The van der Waals surface area contributed by atoms with Crippen molar-refractivity contribution in [3.05, 3.63) is 71.8 Å². The lowest BCUT2D eigenvalue weighted by Gasteiger charge is -2.38. The topological polar surface area (TPSA) is 30.3 Å². The van der Waals surface area contributed by atoms with Crippen LogP contribution in [0.25, 0.3) is 0 Å². The monoisotopic (exact) mass is 291 g/mol. The largest absolute Gasteiger partial charge is 0.295 e. The zero-order valence-corrected chi connectivity index (χ0v) is 12.7. The lowest BCUT2D eigenvalue weighted by Crippen LogP contribution is -2.51. The smallest absolute Gasteiger partial charge is 0.111 e. The Bertz CT molecular complexity index is 618. The molecule has 0 unspecified atom stereocenters. The summed E-state index contributed by atoms with van der Waals surface area (Å²) < 4.78 is 0. The molecule has 0 amide bonds. The van der Waals surface area contributed by atoms with Crippen molar-refractivity contribution in [2.24, 2.45) is 0 Å². The van der Waals surface area contributed by atoms with Crippen LogP contribution in [0.1, 0.15) is 11.1 Å². The second-order valence-electron chi connectivity index (χ2n) is 5.82. The van der Waals surface area contributed by atoms with Gasteiger partial charge in [0.1, 0.15) is 6.04 Å². The summed E-state index contributed by atoms with van der Waals surface area (Å²) in [6.45, 7) is 4.56. The normalized spacial score (nSPS) is 19.7. The van der Waals surface area contributed by atoms with Gasteiger partial charge in [-0.15, -0.1) is 0 Å². The van der Waals surface area contributed by atoms with Gasteiger partial charge in [-0.3, -0.25) is 9.80 Å². The number of nitrogens with zero attached hydrogens (tertiary/aromatic N) is 3. The third-order valence-corrected chi connectivity index (χ3v) is 4.20. The van der Waals surface area contributed by atoms with E-state index >= 15 is 0 Å². The SMILES string of the molecule is N#C[C@@H]1CN(Cc2ccccc2)CCN1Cc1ccccc1. The molecule has 1 aliphatic rings. The van der Waals surface area contributed by atoms with Crippen LogP contribution < -0.4 is 0 Å². The molecular formula is C19H21N3. The molecule has 1 saturated heterocycles. The van der Waals surface area contributed by atoms with Gasteiger partial charge in [-0.05, 0) is 11.1 Å². The molecule has 1 fully saturated rings. The first-order chi connectivity index (χ1) is 10.8. The summed E-state index contributed by atoms with van der Waals surface area (Å²) in [6, 6.07) is 23.3. The minimum absolute atomic E-state index is 0.0299. The van der Waals surface area contributed by atoms with Crippen molar-refractivity contribution in [2.45, 2.75) is 19.1 Å². The Balaban J connectivity index is 1.60. The van der Waals surface area contributed by atoms with Gasteiger partial charge >= 0.3 is 0 Å². The highest BCUT2D eigenvalue weighted by Gasteiger charge is 2.26. The quantitative estimate of drug-likeness (QED) is 0.867. The molecule has 1 aliphatic heterocycles. The third-order valence-electron chi connectivity index (χ3n) is 4.20. The van der Waals surface area contributed by atoms with E-state index in [0.717, 1.165) is 32.7 Å². The molecule has 0 aliphatic carbocycles.